The average Bonchev–Trinajstić information content (AvgIpc) is 2.38. The van der Waals surface area contributed by atoms with Gasteiger partial charge in [0.1, 0.15) is 5.82 Å². The van der Waals surface area contributed by atoms with Crippen LogP contribution in [0.3, 0.4) is 0 Å². The molecule has 1 aromatic rings. The van der Waals surface area contributed by atoms with Crippen LogP contribution in [0.1, 0.15) is 29.6 Å². The number of halogens is 1. The standard InChI is InChI=1S/C14H16FNO/c15-13-9-5-4-8-12(13)14(17)16-10-11-6-2-1-3-7-11/h1-2,4-5,8-9,11H,3,6-7,10H2,(H,16,17). The van der Waals surface area contributed by atoms with E-state index in [1.165, 1.54) is 12.1 Å². The molecular weight excluding hydrogens is 217 g/mol. The quantitative estimate of drug-likeness (QED) is 0.799. The highest BCUT2D eigenvalue weighted by atomic mass is 19.1. The molecule has 0 aromatic heterocycles. The second-order valence-corrected chi connectivity index (χ2v) is 4.34. The monoisotopic (exact) mass is 233 g/mol. The van der Waals surface area contributed by atoms with Crippen LogP contribution >= 0.6 is 0 Å². The lowest BCUT2D eigenvalue weighted by Crippen LogP contribution is -2.30. The lowest BCUT2D eigenvalue weighted by Gasteiger charge is -2.18. The molecule has 0 bridgehead atoms. The topological polar surface area (TPSA) is 29.1 Å². The summed E-state index contributed by atoms with van der Waals surface area (Å²) in [5.41, 5.74) is 0.124. The van der Waals surface area contributed by atoms with Crippen molar-refractivity contribution in [3.05, 3.63) is 47.8 Å². The molecule has 17 heavy (non-hydrogen) atoms. The average molecular weight is 233 g/mol. The minimum absolute atomic E-state index is 0.124. The Morgan fingerprint density at radius 1 is 1.35 bits per heavy atom. The highest BCUT2D eigenvalue weighted by molar-refractivity contribution is 5.94. The van der Waals surface area contributed by atoms with Crippen LogP contribution in [0.5, 0.6) is 0 Å². The van der Waals surface area contributed by atoms with Gasteiger partial charge in [-0.2, -0.15) is 0 Å². The summed E-state index contributed by atoms with van der Waals surface area (Å²) in [6.07, 6.45) is 7.46. The summed E-state index contributed by atoms with van der Waals surface area (Å²) in [4.78, 5) is 11.7. The van der Waals surface area contributed by atoms with Crippen LogP contribution in [0.25, 0.3) is 0 Å². The summed E-state index contributed by atoms with van der Waals surface area (Å²) in [7, 11) is 0. The van der Waals surface area contributed by atoms with Gasteiger partial charge in [0.25, 0.3) is 5.91 Å². The molecule has 3 heteroatoms. The molecule has 0 aliphatic heterocycles. The van der Waals surface area contributed by atoms with Crippen LogP contribution in [0.15, 0.2) is 36.4 Å². The second kappa shape index (κ2) is 5.62. The maximum absolute atomic E-state index is 13.3. The predicted molar refractivity (Wildman–Crippen MR) is 65.2 cm³/mol. The molecule has 1 unspecified atom stereocenters. The van der Waals surface area contributed by atoms with Crippen molar-refractivity contribution >= 4 is 5.91 Å². The van der Waals surface area contributed by atoms with Crippen LogP contribution < -0.4 is 5.32 Å². The molecule has 90 valence electrons. The van der Waals surface area contributed by atoms with E-state index < -0.39 is 5.82 Å². The largest absolute Gasteiger partial charge is 0.352 e. The molecule has 1 amide bonds. The lowest BCUT2D eigenvalue weighted by atomic mass is 9.94. The van der Waals surface area contributed by atoms with Gasteiger partial charge < -0.3 is 5.32 Å². The Hall–Kier alpha value is -1.64. The van der Waals surface area contributed by atoms with Gasteiger partial charge in [0, 0.05) is 6.54 Å². The van der Waals surface area contributed by atoms with Gasteiger partial charge in [-0.1, -0.05) is 24.3 Å². The van der Waals surface area contributed by atoms with Crippen LogP contribution in [-0.4, -0.2) is 12.5 Å². The summed E-state index contributed by atoms with van der Waals surface area (Å²) in [6, 6.07) is 6.06. The molecule has 1 N–H and O–H groups in total. The fourth-order valence-corrected chi connectivity index (χ4v) is 2.02. The number of rotatable bonds is 3. The minimum Gasteiger partial charge on any atom is -0.352 e. The normalized spacial score (nSPS) is 19.0. The minimum atomic E-state index is -0.464. The van der Waals surface area contributed by atoms with E-state index in [0.717, 1.165) is 19.3 Å². The van der Waals surface area contributed by atoms with E-state index in [4.69, 9.17) is 0 Å². The van der Waals surface area contributed by atoms with E-state index in [-0.39, 0.29) is 11.5 Å². The van der Waals surface area contributed by atoms with Crippen molar-refractivity contribution < 1.29 is 9.18 Å². The van der Waals surface area contributed by atoms with Crippen molar-refractivity contribution in [2.45, 2.75) is 19.3 Å². The van der Waals surface area contributed by atoms with Gasteiger partial charge in [-0.3, -0.25) is 4.79 Å². The van der Waals surface area contributed by atoms with Gasteiger partial charge >= 0.3 is 0 Å². The Morgan fingerprint density at radius 3 is 2.88 bits per heavy atom. The summed E-state index contributed by atoms with van der Waals surface area (Å²) in [5.74, 6) is -0.304. The van der Waals surface area contributed by atoms with Crippen molar-refractivity contribution in [3.8, 4) is 0 Å². The summed E-state index contributed by atoms with van der Waals surface area (Å²) >= 11 is 0. The van der Waals surface area contributed by atoms with Gasteiger partial charge in [-0.05, 0) is 37.3 Å². The van der Waals surface area contributed by atoms with E-state index in [0.29, 0.717) is 12.5 Å². The number of hydrogen-bond acceptors (Lipinski definition) is 1. The van der Waals surface area contributed by atoms with Crippen molar-refractivity contribution in [2.75, 3.05) is 6.54 Å². The smallest absolute Gasteiger partial charge is 0.254 e. The van der Waals surface area contributed by atoms with Gasteiger partial charge in [0.05, 0.1) is 5.56 Å². The molecule has 0 fully saturated rings. The third-order valence-electron chi connectivity index (χ3n) is 3.05. The van der Waals surface area contributed by atoms with Crippen molar-refractivity contribution in [1.82, 2.24) is 5.32 Å². The van der Waals surface area contributed by atoms with Crippen molar-refractivity contribution in [2.24, 2.45) is 5.92 Å². The maximum atomic E-state index is 13.3. The summed E-state index contributed by atoms with van der Waals surface area (Å²) < 4.78 is 13.3. The Bertz CT molecular complexity index is 428. The molecule has 0 saturated heterocycles. The number of nitrogens with one attached hydrogen (secondary N) is 1. The Kier molecular flexibility index (Phi) is 3.91. The SMILES string of the molecule is O=C(NCC1CC=CCC1)c1ccccc1F. The Morgan fingerprint density at radius 2 is 2.18 bits per heavy atom. The van der Waals surface area contributed by atoms with Gasteiger partial charge in [-0.15, -0.1) is 0 Å². The first-order chi connectivity index (χ1) is 8.27. The van der Waals surface area contributed by atoms with E-state index in [1.54, 1.807) is 12.1 Å². The highest BCUT2D eigenvalue weighted by Gasteiger charge is 2.14. The molecule has 0 heterocycles. The second-order valence-electron chi connectivity index (χ2n) is 4.34. The van der Waals surface area contributed by atoms with Crippen LogP contribution in [0.4, 0.5) is 4.39 Å². The Balaban J connectivity index is 1.89. The number of benzene rings is 1. The molecule has 1 aromatic carbocycles. The number of allylic oxidation sites excluding steroid dienone is 2. The van der Waals surface area contributed by atoms with Crippen molar-refractivity contribution in [3.63, 3.8) is 0 Å². The van der Waals surface area contributed by atoms with Crippen LogP contribution in [-0.2, 0) is 0 Å². The van der Waals surface area contributed by atoms with Crippen LogP contribution in [0.2, 0.25) is 0 Å². The molecule has 0 spiro atoms. The number of carbonyl (C=O) groups excluding carboxylic acids is 1. The van der Waals surface area contributed by atoms with Gasteiger partial charge in [0.2, 0.25) is 0 Å². The third-order valence-corrected chi connectivity index (χ3v) is 3.05. The van der Waals surface area contributed by atoms with E-state index in [1.807, 2.05) is 0 Å². The molecule has 2 rings (SSSR count). The number of hydrogen-bond donors (Lipinski definition) is 1. The molecule has 2 nitrogen and oxygen atoms in total. The zero-order chi connectivity index (χ0) is 12.1. The summed E-state index contributed by atoms with van der Waals surface area (Å²) in [5, 5.41) is 2.80. The van der Waals surface area contributed by atoms with Gasteiger partial charge in [0.15, 0.2) is 0 Å². The molecule has 1 aliphatic rings. The fourth-order valence-electron chi connectivity index (χ4n) is 2.02. The van der Waals surface area contributed by atoms with Crippen molar-refractivity contribution in [1.29, 1.82) is 0 Å². The molecule has 1 atom stereocenters. The maximum Gasteiger partial charge on any atom is 0.254 e. The third kappa shape index (κ3) is 3.16. The lowest BCUT2D eigenvalue weighted by molar-refractivity contribution is 0.0942. The Labute approximate surface area is 101 Å². The molecular formula is C14H16FNO. The highest BCUT2D eigenvalue weighted by Crippen LogP contribution is 2.17. The van der Waals surface area contributed by atoms with Crippen LogP contribution in [0, 0.1) is 11.7 Å². The zero-order valence-corrected chi connectivity index (χ0v) is 9.66. The van der Waals surface area contributed by atoms with E-state index in [2.05, 4.69) is 17.5 Å². The first kappa shape index (κ1) is 11.8. The number of carbonyl (C=O) groups is 1. The molecule has 0 radical (unpaired) electrons. The zero-order valence-electron chi connectivity index (χ0n) is 9.66. The van der Waals surface area contributed by atoms with Gasteiger partial charge in [-0.25, -0.2) is 4.39 Å². The van der Waals surface area contributed by atoms with E-state index >= 15 is 0 Å². The predicted octanol–water partition coefficient (Wildman–Crippen LogP) is 2.91. The van der Waals surface area contributed by atoms with E-state index in [9.17, 15) is 9.18 Å². The molecule has 1 aliphatic carbocycles. The fraction of sp³-hybridized carbons (Fsp3) is 0.357. The first-order valence-electron chi connectivity index (χ1n) is 5.95. The first-order valence-corrected chi connectivity index (χ1v) is 5.95. The number of amides is 1. The summed E-state index contributed by atoms with van der Waals surface area (Å²) in [6.45, 7) is 0.623. The molecule has 0 saturated carbocycles.